The highest BCUT2D eigenvalue weighted by molar-refractivity contribution is 7.25. The van der Waals surface area contributed by atoms with E-state index in [-0.39, 0.29) is 69.8 Å². The predicted molar refractivity (Wildman–Crippen MR) is 233 cm³/mol. The van der Waals surface area contributed by atoms with Crippen LogP contribution in [0.15, 0.2) is 192 Å². The van der Waals surface area contributed by atoms with Crippen molar-refractivity contribution in [3.63, 3.8) is 0 Å². The van der Waals surface area contributed by atoms with Crippen LogP contribution in [0.2, 0.25) is 0 Å². The number of thiophene rings is 1. The van der Waals surface area contributed by atoms with Gasteiger partial charge in [-0.15, -0.1) is 11.3 Å². The number of hydrogen-bond acceptors (Lipinski definition) is 5. The molecule has 0 aliphatic carbocycles. The second-order valence-electron chi connectivity index (χ2n) is 13.5. The average molecular weight is 740 g/mol. The highest BCUT2D eigenvalue weighted by Crippen LogP contribution is 2.42. The van der Waals surface area contributed by atoms with E-state index in [1.807, 2.05) is 152 Å². The smallest absolute Gasteiger partial charge is 0.164 e. The number of para-hydroxylation sites is 1. The van der Waals surface area contributed by atoms with Gasteiger partial charge in [0.1, 0.15) is 11.2 Å². The van der Waals surface area contributed by atoms with Crippen LogP contribution < -0.4 is 0 Å². The Bertz CT molecular complexity index is 3590. The van der Waals surface area contributed by atoms with Crippen molar-refractivity contribution in [3.05, 3.63) is 188 Å². The molecule has 0 saturated heterocycles. The van der Waals surface area contributed by atoms with Crippen molar-refractivity contribution in [1.29, 1.82) is 0 Å². The Hall–Kier alpha value is -7.21. The molecule has 0 aliphatic heterocycles. The molecule has 3 heterocycles. The molecule has 0 unspecified atom stereocenters. The van der Waals surface area contributed by atoms with Gasteiger partial charge in [-0.1, -0.05) is 152 Å². The molecular weight excluding hydrogens is 703 g/mol. The first-order valence-corrected chi connectivity index (χ1v) is 19.0. The van der Waals surface area contributed by atoms with Gasteiger partial charge in [-0.05, 0) is 69.7 Å². The molecule has 11 aromatic rings. The minimum Gasteiger partial charge on any atom is -0.456 e. The summed E-state index contributed by atoms with van der Waals surface area (Å²) in [4.78, 5) is 14.8. The fraction of sp³-hybridized carbons (Fsp3) is 0. The summed E-state index contributed by atoms with van der Waals surface area (Å²) in [5.74, 6) is 0.650. The third kappa shape index (κ3) is 5.56. The van der Waals surface area contributed by atoms with Crippen molar-refractivity contribution in [2.24, 2.45) is 0 Å². The molecule has 4 nitrogen and oxygen atoms in total. The van der Waals surface area contributed by atoms with E-state index in [1.54, 1.807) is 0 Å². The lowest BCUT2D eigenvalue weighted by Gasteiger charge is -2.11. The first-order valence-electron chi connectivity index (χ1n) is 21.2. The van der Waals surface area contributed by atoms with Crippen LogP contribution in [0.25, 0.3) is 110 Å². The number of rotatable bonds is 6. The lowest BCUT2D eigenvalue weighted by molar-refractivity contribution is 0.669. The monoisotopic (exact) mass is 739 g/mol. The van der Waals surface area contributed by atoms with Gasteiger partial charge in [0, 0.05) is 47.6 Å². The van der Waals surface area contributed by atoms with E-state index in [0.717, 1.165) is 49.9 Å². The number of aromatic nitrogens is 3. The predicted octanol–water partition coefficient (Wildman–Crippen LogP) is 14.1. The molecule has 8 aromatic carbocycles. The summed E-state index contributed by atoms with van der Waals surface area (Å²) in [6.45, 7) is 0. The summed E-state index contributed by atoms with van der Waals surface area (Å²) in [6.07, 6.45) is 0. The molecule has 0 saturated carbocycles. The second-order valence-corrected chi connectivity index (χ2v) is 14.5. The molecule has 11 rings (SSSR count). The molecule has 0 atom stereocenters. The van der Waals surface area contributed by atoms with Crippen LogP contribution in [-0.4, -0.2) is 15.0 Å². The highest BCUT2D eigenvalue weighted by Gasteiger charge is 2.19. The zero-order valence-electron chi connectivity index (χ0n) is 35.6. The van der Waals surface area contributed by atoms with E-state index in [2.05, 4.69) is 0 Å². The molecule has 0 spiro atoms. The van der Waals surface area contributed by atoms with E-state index in [9.17, 15) is 8.22 Å². The maximum absolute atomic E-state index is 9.69. The SMILES string of the molecule is [2H]c1c(-c2ccccc2-c2ccccc2)c([2H])c2c(sc3c([2H])c(-c4nc(-c5ccccc5)nc(-c5cc(-c6ccccc6)c6c(c5)oc5ccccc56)n4)c([2H])c([2H])c32)c1[2H]. The van der Waals surface area contributed by atoms with E-state index >= 15 is 0 Å². The van der Waals surface area contributed by atoms with Crippen LogP contribution in [0.1, 0.15) is 8.22 Å². The summed E-state index contributed by atoms with van der Waals surface area (Å²) in [7, 11) is 0. The summed E-state index contributed by atoms with van der Waals surface area (Å²) in [5, 5.41) is 2.43. The molecule has 0 N–H and O–H groups in total. The molecule has 0 amide bonds. The maximum atomic E-state index is 9.69. The van der Waals surface area contributed by atoms with Crippen LogP contribution in [0.4, 0.5) is 0 Å². The zero-order valence-corrected chi connectivity index (χ0v) is 30.4. The van der Waals surface area contributed by atoms with Crippen molar-refractivity contribution in [2.45, 2.75) is 0 Å². The van der Waals surface area contributed by atoms with Gasteiger partial charge < -0.3 is 4.42 Å². The zero-order chi connectivity index (χ0) is 42.2. The Morgan fingerprint density at radius 2 is 0.964 bits per heavy atom. The van der Waals surface area contributed by atoms with E-state index in [4.69, 9.17) is 19.4 Å². The Kier molecular flexibility index (Phi) is 6.29. The molecule has 0 bridgehead atoms. The van der Waals surface area contributed by atoms with Crippen LogP contribution in [-0.2, 0) is 0 Å². The lowest BCUT2D eigenvalue weighted by atomic mass is 9.94. The number of nitrogens with zero attached hydrogens (tertiary/aromatic N) is 3. The number of hydrogen-bond donors (Lipinski definition) is 0. The number of fused-ring (bicyclic) bond motifs is 6. The largest absolute Gasteiger partial charge is 0.456 e. The van der Waals surface area contributed by atoms with Crippen LogP contribution in [0, 0.1) is 0 Å². The Morgan fingerprint density at radius 3 is 1.70 bits per heavy atom. The van der Waals surface area contributed by atoms with Crippen LogP contribution >= 0.6 is 11.3 Å². The van der Waals surface area contributed by atoms with Crippen molar-refractivity contribution in [1.82, 2.24) is 15.0 Å². The molecule has 0 radical (unpaired) electrons. The van der Waals surface area contributed by atoms with Gasteiger partial charge >= 0.3 is 0 Å². The van der Waals surface area contributed by atoms with Gasteiger partial charge in [0.15, 0.2) is 17.5 Å². The first kappa shape index (κ1) is 26.5. The van der Waals surface area contributed by atoms with Crippen LogP contribution in [0.3, 0.4) is 0 Å². The Labute approximate surface area is 335 Å². The van der Waals surface area contributed by atoms with Gasteiger partial charge in [-0.25, -0.2) is 15.0 Å². The quantitative estimate of drug-likeness (QED) is 0.170. The van der Waals surface area contributed by atoms with Gasteiger partial charge in [0.2, 0.25) is 0 Å². The molecular formula is C51H31N3OS. The summed E-state index contributed by atoms with van der Waals surface area (Å²) in [6, 6.07) is 47.7. The number of benzene rings is 8. The maximum Gasteiger partial charge on any atom is 0.164 e. The fourth-order valence-electron chi connectivity index (χ4n) is 7.37. The summed E-state index contributed by atoms with van der Waals surface area (Å²) in [5.41, 5.74) is 7.22. The normalized spacial score (nSPS) is 13.1. The first-order chi connectivity index (χ1) is 30.3. The van der Waals surface area contributed by atoms with Gasteiger partial charge in [-0.3, -0.25) is 0 Å². The molecule has 3 aromatic heterocycles. The van der Waals surface area contributed by atoms with E-state index < -0.39 is 0 Å². The second kappa shape index (κ2) is 13.3. The van der Waals surface area contributed by atoms with Crippen LogP contribution in [0.5, 0.6) is 0 Å². The topological polar surface area (TPSA) is 51.8 Å². The molecule has 5 heteroatoms. The molecule has 56 heavy (non-hydrogen) atoms. The van der Waals surface area contributed by atoms with Crippen molar-refractivity contribution >= 4 is 53.4 Å². The molecule has 0 fully saturated rings. The van der Waals surface area contributed by atoms with E-state index in [1.165, 1.54) is 0 Å². The third-order valence-corrected chi connectivity index (χ3v) is 11.0. The van der Waals surface area contributed by atoms with E-state index in [0.29, 0.717) is 37.5 Å². The minimum atomic E-state index is -0.289. The van der Waals surface area contributed by atoms with Gasteiger partial charge in [0.05, 0.1) is 8.22 Å². The third-order valence-electron chi connectivity index (χ3n) is 10.0. The lowest BCUT2D eigenvalue weighted by Crippen LogP contribution is -2.00. The standard InChI is InChI=1S/C51H31N3OS/c1-4-14-32(15-5-1)38-20-10-11-21-39(38)35-25-27-46-43(28-35)40-26-24-36(31-47(40)56-46)50-52-49(34-18-8-3-9-19-34)53-51(54-50)37-29-42(33-16-6-2-7-17-33)48-41-22-12-13-23-44(41)55-45(48)30-37/h1-31H/i24D,25D,26D,27D,28D,31D. The minimum absolute atomic E-state index is 0.0281. The Morgan fingerprint density at radius 1 is 0.393 bits per heavy atom. The molecule has 262 valence electrons. The molecule has 0 aliphatic rings. The van der Waals surface area contributed by atoms with Gasteiger partial charge in [-0.2, -0.15) is 0 Å². The van der Waals surface area contributed by atoms with Crippen molar-refractivity contribution < 1.29 is 12.6 Å². The summed E-state index contributed by atoms with van der Waals surface area (Å²) >= 11 is 1.08. The van der Waals surface area contributed by atoms with Crippen molar-refractivity contribution in [3.8, 4) is 67.5 Å². The fourth-order valence-corrected chi connectivity index (χ4v) is 8.34. The average Bonchev–Trinajstić information content (AvgIpc) is 3.91. The van der Waals surface area contributed by atoms with Crippen molar-refractivity contribution in [2.75, 3.05) is 0 Å². The van der Waals surface area contributed by atoms with Gasteiger partial charge in [0.25, 0.3) is 0 Å². The number of furan rings is 1. The highest BCUT2D eigenvalue weighted by atomic mass is 32.1. The Balaban J connectivity index is 1.16. The summed E-state index contributed by atoms with van der Waals surface area (Å²) < 4.78 is 63.8.